The molecule has 1 aromatic carbocycles. The predicted octanol–water partition coefficient (Wildman–Crippen LogP) is 4.80. The Balaban J connectivity index is 2.22. The highest BCUT2D eigenvalue weighted by Crippen LogP contribution is 2.11. The van der Waals surface area contributed by atoms with Crippen molar-refractivity contribution in [3.8, 4) is 0 Å². The molecule has 0 saturated heterocycles. The maximum Gasteiger partial charge on any atom is 0.127 e. The highest BCUT2D eigenvalue weighted by molar-refractivity contribution is 5.18. The summed E-state index contributed by atoms with van der Waals surface area (Å²) < 4.78 is 26.4. The van der Waals surface area contributed by atoms with Crippen LogP contribution in [0.1, 0.15) is 57.9 Å². The molecule has 0 aliphatic rings. The maximum atomic E-state index is 13.4. The van der Waals surface area contributed by atoms with Crippen molar-refractivity contribution in [2.45, 2.75) is 65.0 Å². The molecule has 0 saturated carbocycles. The quantitative estimate of drug-likeness (QED) is 0.635. The van der Waals surface area contributed by atoms with Gasteiger partial charge < -0.3 is 5.32 Å². The van der Waals surface area contributed by atoms with Crippen LogP contribution in [0.4, 0.5) is 8.78 Å². The summed E-state index contributed by atoms with van der Waals surface area (Å²) in [6, 6.07) is 3.93. The monoisotopic (exact) mass is 269 g/mol. The van der Waals surface area contributed by atoms with Crippen molar-refractivity contribution in [1.82, 2.24) is 5.32 Å². The summed E-state index contributed by atoms with van der Waals surface area (Å²) in [5, 5.41) is 3.25. The Kier molecular flexibility index (Phi) is 7.65. The molecular formula is C16H25F2N. The van der Waals surface area contributed by atoms with Gasteiger partial charge in [0.1, 0.15) is 11.6 Å². The van der Waals surface area contributed by atoms with E-state index in [0.29, 0.717) is 18.2 Å². The second-order valence-electron chi connectivity index (χ2n) is 5.22. The van der Waals surface area contributed by atoms with Crippen molar-refractivity contribution in [2.75, 3.05) is 0 Å². The average Bonchev–Trinajstić information content (AvgIpc) is 2.39. The average molecular weight is 269 g/mol. The van der Waals surface area contributed by atoms with Crippen molar-refractivity contribution in [2.24, 2.45) is 0 Å². The van der Waals surface area contributed by atoms with Crippen LogP contribution >= 0.6 is 0 Å². The molecule has 1 rings (SSSR count). The Labute approximate surface area is 115 Å². The molecule has 0 bridgehead atoms. The fraction of sp³-hybridized carbons (Fsp3) is 0.625. The number of unbranched alkanes of at least 4 members (excludes halogenated alkanes) is 4. The zero-order valence-electron chi connectivity index (χ0n) is 12.0. The number of nitrogens with one attached hydrogen (secondary N) is 1. The first-order valence-corrected chi connectivity index (χ1v) is 7.30. The lowest BCUT2D eigenvalue weighted by atomic mass is 10.1. The molecule has 1 unspecified atom stereocenters. The summed E-state index contributed by atoms with van der Waals surface area (Å²) in [6.45, 7) is 4.69. The van der Waals surface area contributed by atoms with E-state index in [1.807, 2.05) is 0 Å². The van der Waals surface area contributed by atoms with Crippen LogP contribution in [0.3, 0.4) is 0 Å². The third-order valence-corrected chi connectivity index (χ3v) is 3.39. The molecule has 19 heavy (non-hydrogen) atoms. The second kappa shape index (κ2) is 9.03. The number of benzene rings is 1. The lowest BCUT2D eigenvalue weighted by molar-refractivity contribution is 0.471. The van der Waals surface area contributed by atoms with Crippen molar-refractivity contribution in [1.29, 1.82) is 0 Å². The molecule has 1 aromatic rings. The van der Waals surface area contributed by atoms with E-state index >= 15 is 0 Å². The van der Waals surface area contributed by atoms with E-state index in [4.69, 9.17) is 0 Å². The van der Waals surface area contributed by atoms with Crippen LogP contribution in [0.15, 0.2) is 18.2 Å². The van der Waals surface area contributed by atoms with Crippen molar-refractivity contribution in [3.63, 3.8) is 0 Å². The molecular weight excluding hydrogens is 244 g/mol. The lowest BCUT2D eigenvalue weighted by Gasteiger charge is -2.14. The predicted molar refractivity (Wildman–Crippen MR) is 76.0 cm³/mol. The Morgan fingerprint density at radius 1 is 1.11 bits per heavy atom. The molecule has 0 spiro atoms. The van der Waals surface area contributed by atoms with Gasteiger partial charge in [0, 0.05) is 18.2 Å². The normalized spacial score (nSPS) is 12.6. The van der Waals surface area contributed by atoms with Crippen LogP contribution in [-0.4, -0.2) is 6.04 Å². The Bertz CT molecular complexity index is 366. The first-order valence-electron chi connectivity index (χ1n) is 7.30. The van der Waals surface area contributed by atoms with Gasteiger partial charge in [-0.15, -0.1) is 0 Å². The third kappa shape index (κ3) is 6.67. The SMILES string of the molecule is CCCCCCCC(C)NCc1cc(F)ccc1F. The smallest absolute Gasteiger partial charge is 0.127 e. The molecule has 0 aliphatic carbocycles. The lowest BCUT2D eigenvalue weighted by Crippen LogP contribution is -2.25. The molecule has 0 aliphatic heterocycles. The van der Waals surface area contributed by atoms with E-state index in [2.05, 4.69) is 19.2 Å². The van der Waals surface area contributed by atoms with E-state index in [1.165, 1.54) is 44.2 Å². The summed E-state index contributed by atoms with van der Waals surface area (Å²) in [5.74, 6) is -0.727. The van der Waals surface area contributed by atoms with Crippen molar-refractivity contribution < 1.29 is 8.78 Å². The van der Waals surface area contributed by atoms with Gasteiger partial charge in [-0.3, -0.25) is 0 Å². The van der Waals surface area contributed by atoms with E-state index in [0.717, 1.165) is 12.5 Å². The first kappa shape index (κ1) is 16.1. The van der Waals surface area contributed by atoms with Gasteiger partial charge in [-0.25, -0.2) is 8.78 Å². The zero-order chi connectivity index (χ0) is 14.1. The highest BCUT2D eigenvalue weighted by Gasteiger charge is 2.06. The number of hydrogen-bond donors (Lipinski definition) is 1. The summed E-state index contributed by atoms with van der Waals surface area (Å²) in [4.78, 5) is 0. The molecule has 0 heterocycles. The second-order valence-corrected chi connectivity index (χ2v) is 5.22. The van der Waals surface area contributed by atoms with Crippen LogP contribution in [-0.2, 0) is 6.54 Å². The van der Waals surface area contributed by atoms with Crippen LogP contribution in [0.2, 0.25) is 0 Å². The summed E-state index contributed by atoms with van der Waals surface area (Å²) in [7, 11) is 0. The van der Waals surface area contributed by atoms with Crippen LogP contribution < -0.4 is 5.32 Å². The molecule has 3 heteroatoms. The van der Waals surface area contributed by atoms with Gasteiger partial charge in [0.05, 0.1) is 0 Å². The van der Waals surface area contributed by atoms with Gasteiger partial charge in [0.2, 0.25) is 0 Å². The van der Waals surface area contributed by atoms with Gasteiger partial charge in [-0.05, 0) is 31.5 Å². The molecule has 0 radical (unpaired) electrons. The van der Waals surface area contributed by atoms with Gasteiger partial charge in [0.15, 0.2) is 0 Å². The minimum Gasteiger partial charge on any atom is -0.310 e. The minimum atomic E-state index is -0.384. The molecule has 0 fully saturated rings. The molecule has 1 N–H and O–H groups in total. The largest absolute Gasteiger partial charge is 0.310 e. The Morgan fingerprint density at radius 3 is 2.58 bits per heavy atom. The van der Waals surface area contributed by atoms with Gasteiger partial charge in [0.25, 0.3) is 0 Å². The highest BCUT2D eigenvalue weighted by atomic mass is 19.1. The Hall–Kier alpha value is -0.960. The summed E-state index contributed by atoms with van der Waals surface area (Å²) in [5.41, 5.74) is 0.401. The van der Waals surface area contributed by atoms with E-state index in [1.54, 1.807) is 0 Å². The molecule has 0 amide bonds. The number of rotatable bonds is 9. The van der Waals surface area contributed by atoms with Gasteiger partial charge in [-0.2, -0.15) is 0 Å². The Morgan fingerprint density at radius 2 is 1.84 bits per heavy atom. The topological polar surface area (TPSA) is 12.0 Å². The fourth-order valence-electron chi connectivity index (χ4n) is 2.12. The van der Waals surface area contributed by atoms with Crippen LogP contribution in [0.25, 0.3) is 0 Å². The van der Waals surface area contributed by atoms with Crippen molar-refractivity contribution in [3.05, 3.63) is 35.4 Å². The maximum absolute atomic E-state index is 13.4. The standard InChI is InChI=1S/C16H25F2N/c1-3-4-5-6-7-8-13(2)19-12-14-11-15(17)9-10-16(14)18/h9-11,13,19H,3-8,12H2,1-2H3. The molecule has 1 atom stereocenters. The molecule has 0 aromatic heterocycles. The van der Waals surface area contributed by atoms with Crippen LogP contribution in [0.5, 0.6) is 0 Å². The first-order chi connectivity index (χ1) is 9.13. The summed E-state index contributed by atoms with van der Waals surface area (Å²) in [6.07, 6.45) is 7.39. The minimum absolute atomic E-state index is 0.337. The number of halogens is 2. The third-order valence-electron chi connectivity index (χ3n) is 3.39. The van der Waals surface area contributed by atoms with E-state index < -0.39 is 0 Å². The van der Waals surface area contributed by atoms with Gasteiger partial charge in [-0.1, -0.05) is 39.0 Å². The molecule has 1 nitrogen and oxygen atoms in total. The number of hydrogen-bond acceptors (Lipinski definition) is 1. The van der Waals surface area contributed by atoms with E-state index in [-0.39, 0.29) is 11.6 Å². The van der Waals surface area contributed by atoms with Gasteiger partial charge >= 0.3 is 0 Å². The van der Waals surface area contributed by atoms with E-state index in [9.17, 15) is 8.78 Å². The fourth-order valence-corrected chi connectivity index (χ4v) is 2.12. The van der Waals surface area contributed by atoms with Crippen molar-refractivity contribution >= 4 is 0 Å². The van der Waals surface area contributed by atoms with Crippen LogP contribution in [0, 0.1) is 11.6 Å². The summed E-state index contributed by atoms with van der Waals surface area (Å²) >= 11 is 0. The molecule has 108 valence electrons. The zero-order valence-corrected chi connectivity index (χ0v) is 12.0.